The maximum Gasteiger partial charge on any atom is 0.250 e. The summed E-state index contributed by atoms with van der Waals surface area (Å²) in [4.78, 5) is 29.5. The SMILES string of the molecule is Cc1ccc(Cl)cc1-c1[nH]c(-c2nc(N)ncc2C#Cc2ccc(N3CCC(N4CCCC4)CC3)cc2)cc1C(N)=O. The molecule has 0 bridgehead atoms. The minimum Gasteiger partial charge on any atom is -0.371 e. The summed E-state index contributed by atoms with van der Waals surface area (Å²) in [5, 5.41) is 0.553. The molecule has 2 aliphatic heterocycles. The molecule has 2 saturated heterocycles. The smallest absolute Gasteiger partial charge is 0.250 e. The molecule has 0 unspecified atom stereocenters. The summed E-state index contributed by atoms with van der Waals surface area (Å²) in [7, 11) is 0. The van der Waals surface area contributed by atoms with Gasteiger partial charge in [-0.25, -0.2) is 9.97 Å². The highest BCUT2D eigenvalue weighted by Gasteiger charge is 2.26. The van der Waals surface area contributed by atoms with E-state index in [1.807, 2.05) is 25.1 Å². The van der Waals surface area contributed by atoms with Crippen LogP contribution in [0.5, 0.6) is 0 Å². The van der Waals surface area contributed by atoms with Crippen LogP contribution in [0.3, 0.4) is 0 Å². The van der Waals surface area contributed by atoms with E-state index in [1.165, 1.54) is 44.5 Å². The molecule has 9 heteroatoms. The molecule has 42 heavy (non-hydrogen) atoms. The first-order valence-corrected chi connectivity index (χ1v) is 14.8. The average Bonchev–Trinajstić information content (AvgIpc) is 3.70. The Morgan fingerprint density at radius 3 is 2.48 bits per heavy atom. The molecule has 2 aromatic heterocycles. The monoisotopic (exact) mass is 579 g/mol. The number of aromatic amines is 1. The van der Waals surface area contributed by atoms with Crippen molar-refractivity contribution in [2.24, 2.45) is 5.73 Å². The van der Waals surface area contributed by atoms with E-state index in [-0.39, 0.29) is 5.95 Å². The predicted octanol–water partition coefficient (Wildman–Crippen LogP) is 5.25. The van der Waals surface area contributed by atoms with Gasteiger partial charge in [-0.2, -0.15) is 0 Å². The van der Waals surface area contributed by atoms with Gasteiger partial charge in [0.25, 0.3) is 5.91 Å². The molecule has 6 rings (SSSR count). The Balaban J connectivity index is 1.24. The number of nitrogen functional groups attached to an aromatic ring is 1. The third-order valence-corrected chi connectivity index (χ3v) is 8.55. The fourth-order valence-electron chi connectivity index (χ4n) is 6.04. The molecule has 0 radical (unpaired) electrons. The van der Waals surface area contributed by atoms with Crippen molar-refractivity contribution in [3.63, 3.8) is 0 Å². The Hall–Kier alpha value is -4.32. The molecule has 214 valence electrons. The number of nitrogens with two attached hydrogens (primary N) is 2. The lowest BCUT2D eigenvalue weighted by molar-refractivity contribution is 0.100. The molecule has 0 spiro atoms. The minimum absolute atomic E-state index is 0.101. The van der Waals surface area contributed by atoms with E-state index in [4.69, 9.17) is 23.1 Å². The number of aryl methyl sites for hydroxylation is 1. The number of likely N-dealkylation sites (tertiary alicyclic amines) is 1. The van der Waals surface area contributed by atoms with Gasteiger partial charge in [0, 0.05) is 47.2 Å². The van der Waals surface area contributed by atoms with Crippen LogP contribution in [0, 0.1) is 18.8 Å². The molecule has 0 atom stereocenters. The zero-order valence-corrected chi connectivity index (χ0v) is 24.4. The van der Waals surface area contributed by atoms with E-state index < -0.39 is 5.91 Å². The van der Waals surface area contributed by atoms with Crippen molar-refractivity contribution >= 4 is 29.1 Å². The Bertz CT molecular complexity index is 1670. The highest BCUT2D eigenvalue weighted by atomic mass is 35.5. The van der Waals surface area contributed by atoms with Crippen LogP contribution in [-0.2, 0) is 0 Å². The number of nitrogens with zero attached hydrogens (tertiary/aromatic N) is 4. The maximum absolute atomic E-state index is 12.4. The van der Waals surface area contributed by atoms with Crippen LogP contribution in [0.4, 0.5) is 11.6 Å². The molecule has 5 N–H and O–H groups in total. The molecule has 1 amide bonds. The molecule has 2 aliphatic rings. The van der Waals surface area contributed by atoms with E-state index >= 15 is 0 Å². The summed E-state index contributed by atoms with van der Waals surface area (Å²) in [6.07, 6.45) is 6.72. The topological polar surface area (TPSA) is 117 Å². The highest BCUT2D eigenvalue weighted by molar-refractivity contribution is 6.31. The fourth-order valence-corrected chi connectivity index (χ4v) is 6.21. The van der Waals surface area contributed by atoms with Gasteiger partial charge < -0.3 is 26.3 Å². The van der Waals surface area contributed by atoms with Crippen molar-refractivity contribution in [2.45, 2.75) is 38.6 Å². The van der Waals surface area contributed by atoms with Crippen LogP contribution in [0.1, 0.15) is 52.7 Å². The lowest BCUT2D eigenvalue weighted by Gasteiger charge is -2.37. The fraction of sp³-hybridized carbons (Fsp3) is 0.303. The number of carbonyl (C=O) groups excluding carboxylic acids is 1. The number of carbonyl (C=O) groups is 1. The number of piperidine rings is 1. The Morgan fingerprint density at radius 1 is 1.02 bits per heavy atom. The van der Waals surface area contributed by atoms with Gasteiger partial charge >= 0.3 is 0 Å². The second-order valence-electron chi connectivity index (χ2n) is 11.0. The Labute approximate surface area is 251 Å². The largest absolute Gasteiger partial charge is 0.371 e. The number of rotatable bonds is 5. The highest BCUT2D eigenvalue weighted by Crippen LogP contribution is 2.33. The molecule has 8 nitrogen and oxygen atoms in total. The van der Waals surface area contributed by atoms with Gasteiger partial charge in [-0.3, -0.25) is 4.79 Å². The first-order valence-electron chi connectivity index (χ1n) is 14.4. The molecular formula is C33H34ClN7O. The van der Waals surface area contributed by atoms with Gasteiger partial charge in [0.2, 0.25) is 5.95 Å². The summed E-state index contributed by atoms with van der Waals surface area (Å²) in [5.74, 6) is 5.97. The van der Waals surface area contributed by atoms with Crippen LogP contribution in [0.15, 0.2) is 54.7 Å². The number of primary amides is 1. The van der Waals surface area contributed by atoms with Crippen molar-refractivity contribution in [3.8, 4) is 34.5 Å². The molecular weight excluding hydrogens is 546 g/mol. The van der Waals surface area contributed by atoms with Gasteiger partial charge in [-0.15, -0.1) is 0 Å². The van der Waals surface area contributed by atoms with Crippen molar-refractivity contribution in [1.82, 2.24) is 19.9 Å². The molecule has 4 heterocycles. The standard InChI is InChI=1S/C33H34ClN7O/c1-21-4-9-24(34)18-27(21)31-28(32(35)42)19-29(38-31)30-23(20-37-33(36)39-30)8-5-22-6-10-25(11-7-22)41-16-12-26(13-17-41)40-14-2-3-15-40/h4,6-7,9-11,18-20,26,38H,2-3,12-17H2,1H3,(H2,35,42)(H2,36,37,39). The normalized spacial score (nSPS) is 15.9. The van der Waals surface area contributed by atoms with Gasteiger partial charge in [-0.1, -0.05) is 29.5 Å². The van der Waals surface area contributed by atoms with Gasteiger partial charge in [0.05, 0.1) is 22.5 Å². The first-order chi connectivity index (χ1) is 20.4. The van der Waals surface area contributed by atoms with Crippen LogP contribution in [0.2, 0.25) is 5.02 Å². The molecule has 2 aromatic carbocycles. The number of anilines is 2. The summed E-state index contributed by atoms with van der Waals surface area (Å²) >= 11 is 6.26. The average molecular weight is 580 g/mol. The number of amides is 1. The van der Waals surface area contributed by atoms with Crippen molar-refractivity contribution in [2.75, 3.05) is 36.8 Å². The third kappa shape index (κ3) is 5.85. The second kappa shape index (κ2) is 11.9. The van der Waals surface area contributed by atoms with E-state index in [1.54, 1.807) is 24.4 Å². The van der Waals surface area contributed by atoms with Gasteiger partial charge in [0.15, 0.2) is 0 Å². The molecule has 2 fully saturated rings. The van der Waals surface area contributed by atoms with E-state index in [9.17, 15) is 4.79 Å². The number of hydrogen-bond donors (Lipinski definition) is 3. The third-order valence-electron chi connectivity index (χ3n) is 8.31. The zero-order chi connectivity index (χ0) is 29.2. The number of nitrogens with one attached hydrogen (secondary N) is 1. The number of H-pyrrole nitrogens is 1. The van der Waals surface area contributed by atoms with Gasteiger partial charge in [0.1, 0.15) is 5.69 Å². The van der Waals surface area contributed by atoms with Crippen molar-refractivity contribution in [1.29, 1.82) is 0 Å². The molecule has 0 aliphatic carbocycles. The number of aromatic nitrogens is 3. The Morgan fingerprint density at radius 2 is 1.76 bits per heavy atom. The lowest BCUT2D eigenvalue weighted by atomic mass is 10.0. The maximum atomic E-state index is 12.4. The minimum atomic E-state index is -0.568. The predicted molar refractivity (Wildman–Crippen MR) is 168 cm³/mol. The van der Waals surface area contributed by atoms with Crippen LogP contribution in [0.25, 0.3) is 22.6 Å². The van der Waals surface area contributed by atoms with Crippen LogP contribution >= 0.6 is 11.6 Å². The van der Waals surface area contributed by atoms with E-state index in [0.29, 0.717) is 33.2 Å². The summed E-state index contributed by atoms with van der Waals surface area (Å²) in [5.41, 5.74) is 18.1. The van der Waals surface area contributed by atoms with Crippen LogP contribution in [-0.4, -0.2) is 58.0 Å². The van der Waals surface area contributed by atoms with E-state index in [2.05, 4.69) is 48.7 Å². The van der Waals surface area contributed by atoms with Crippen molar-refractivity contribution in [3.05, 3.63) is 82.0 Å². The number of halogens is 1. The molecule has 4 aromatic rings. The first kappa shape index (κ1) is 27.8. The summed E-state index contributed by atoms with van der Waals surface area (Å²) in [6, 6.07) is 16.3. The van der Waals surface area contributed by atoms with Crippen molar-refractivity contribution < 1.29 is 4.79 Å². The number of hydrogen-bond acceptors (Lipinski definition) is 6. The van der Waals surface area contributed by atoms with Crippen LogP contribution < -0.4 is 16.4 Å². The molecule has 0 saturated carbocycles. The zero-order valence-electron chi connectivity index (χ0n) is 23.7. The van der Waals surface area contributed by atoms with Gasteiger partial charge in [-0.05, 0) is 93.7 Å². The second-order valence-corrected chi connectivity index (χ2v) is 11.5. The summed E-state index contributed by atoms with van der Waals surface area (Å²) < 4.78 is 0. The summed E-state index contributed by atoms with van der Waals surface area (Å²) in [6.45, 7) is 6.63. The quantitative estimate of drug-likeness (QED) is 0.278. The van der Waals surface area contributed by atoms with E-state index in [0.717, 1.165) is 35.8 Å². The Kier molecular flexibility index (Phi) is 7.88. The lowest BCUT2D eigenvalue weighted by Crippen LogP contribution is -2.43. The number of benzene rings is 2.